The van der Waals surface area contributed by atoms with Gasteiger partial charge in [0.2, 0.25) is 6.43 Å². The van der Waals surface area contributed by atoms with Crippen molar-refractivity contribution in [3.05, 3.63) is 29.3 Å². The van der Waals surface area contributed by atoms with E-state index in [-0.39, 0.29) is 6.54 Å². The molecule has 4 heteroatoms. The van der Waals surface area contributed by atoms with Crippen LogP contribution in [0.15, 0.2) is 18.2 Å². The average molecular weight is 215 g/mol. The van der Waals surface area contributed by atoms with E-state index in [2.05, 4.69) is 0 Å². The molecule has 0 heterocycles. The molecule has 0 aromatic heterocycles. The topological polar surface area (TPSA) is 35.2 Å². The van der Waals surface area contributed by atoms with Crippen LogP contribution in [-0.4, -0.2) is 20.1 Å². The molecule has 0 fully saturated rings. The third-order valence-corrected chi connectivity index (χ3v) is 2.40. The Morgan fingerprint density at radius 1 is 1.40 bits per heavy atom. The Labute approximate surface area is 88.0 Å². The largest absolute Gasteiger partial charge is 0.496 e. The number of halogens is 2. The molecule has 1 aromatic rings. The Hall–Kier alpha value is -1.16. The van der Waals surface area contributed by atoms with Crippen molar-refractivity contribution in [3.8, 4) is 5.75 Å². The van der Waals surface area contributed by atoms with E-state index >= 15 is 0 Å². The first-order valence-electron chi connectivity index (χ1n) is 4.73. The summed E-state index contributed by atoms with van der Waals surface area (Å²) in [6, 6.07) is 5.19. The number of benzene rings is 1. The molecule has 0 aliphatic carbocycles. The van der Waals surface area contributed by atoms with Crippen LogP contribution in [0.5, 0.6) is 5.75 Å². The summed E-state index contributed by atoms with van der Waals surface area (Å²) < 4.78 is 30.5. The van der Waals surface area contributed by atoms with Gasteiger partial charge >= 0.3 is 0 Å². The molecule has 0 saturated carbocycles. The molecule has 1 rings (SSSR count). The van der Waals surface area contributed by atoms with E-state index < -0.39 is 12.3 Å². The Kier molecular flexibility index (Phi) is 4.03. The van der Waals surface area contributed by atoms with E-state index in [0.29, 0.717) is 11.3 Å². The van der Waals surface area contributed by atoms with E-state index in [1.165, 1.54) is 7.11 Å². The Bertz CT molecular complexity index is 328. The highest BCUT2D eigenvalue weighted by Gasteiger charge is 2.24. The van der Waals surface area contributed by atoms with Gasteiger partial charge in [0.25, 0.3) is 0 Å². The van der Waals surface area contributed by atoms with E-state index in [9.17, 15) is 8.78 Å². The molecule has 0 amide bonds. The molecule has 84 valence electrons. The van der Waals surface area contributed by atoms with Crippen molar-refractivity contribution in [2.75, 3.05) is 13.7 Å². The van der Waals surface area contributed by atoms with Crippen LogP contribution in [-0.2, 0) is 0 Å². The van der Waals surface area contributed by atoms with Crippen LogP contribution in [0.3, 0.4) is 0 Å². The molecule has 2 N–H and O–H groups in total. The number of hydrogen-bond donors (Lipinski definition) is 1. The molecule has 0 bridgehead atoms. The van der Waals surface area contributed by atoms with Gasteiger partial charge in [0.15, 0.2) is 0 Å². The lowest BCUT2D eigenvalue weighted by atomic mass is 9.96. The summed E-state index contributed by atoms with van der Waals surface area (Å²) in [5.74, 6) is -0.451. The zero-order valence-electron chi connectivity index (χ0n) is 8.84. The monoisotopic (exact) mass is 215 g/mol. The third kappa shape index (κ3) is 2.45. The molecule has 0 spiro atoms. The molecule has 1 aromatic carbocycles. The fourth-order valence-corrected chi connectivity index (χ4v) is 1.61. The summed E-state index contributed by atoms with van der Waals surface area (Å²) in [6.45, 7) is 1.73. The maximum absolute atomic E-state index is 12.7. The number of methoxy groups -OCH3 is 1. The van der Waals surface area contributed by atoms with Crippen LogP contribution in [0, 0.1) is 6.92 Å². The SMILES string of the molecule is COc1c(C)cccc1C(CN)C(F)F. The number of nitrogens with two attached hydrogens (primary N) is 1. The lowest BCUT2D eigenvalue weighted by Gasteiger charge is -2.18. The first-order valence-corrected chi connectivity index (χ1v) is 4.73. The molecule has 15 heavy (non-hydrogen) atoms. The normalized spacial score (nSPS) is 12.9. The van der Waals surface area contributed by atoms with Crippen molar-refractivity contribution in [1.82, 2.24) is 0 Å². The van der Waals surface area contributed by atoms with Gasteiger partial charge in [-0.15, -0.1) is 0 Å². The van der Waals surface area contributed by atoms with Gasteiger partial charge in [-0.3, -0.25) is 0 Å². The van der Waals surface area contributed by atoms with Crippen molar-refractivity contribution in [3.63, 3.8) is 0 Å². The fraction of sp³-hybridized carbons (Fsp3) is 0.455. The zero-order valence-corrected chi connectivity index (χ0v) is 8.84. The number of para-hydroxylation sites is 1. The minimum atomic E-state index is -2.47. The lowest BCUT2D eigenvalue weighted by Crippen LogP contribution is -2.20. The van der Waals surface area contributed by atoms with Gasteiger partial charge < -0.3 is 10.5 Å². The summed E-state index contributed by atoms with van der Waals surface area (Å²) in [5.41, 5.74) is 6.67. The molecule has 0 radical (unpaired) electrons. The van der Waals surface area contributed by atoms with E-state index in [4.69, 9.17) is 10.5 Å². The molecular formula is C11H15F2NO. The molecule has 1 unspecified atom stereocenters. The summed E-state index contributed by atoms with van der Waals surface area (Å²) in [5, 5.41) is 0. The van der Waals surface area contributed by atoms with Gasteiger partial charge in [0, 0.05) is 12.1 Å². The maximum atomic E-state index is 12.7. The van der Waals surface area contributed by atoms with Crippen molar-refractivity contribution >= 4 is 0 Å². The number of alkyl halides is 2. The quantitative estimate of drug-likeness (QED) is 0.836. The first-order chi connectivity index (χ1) is 7.11. The van der Waals surface area contributed by atoms with E-state index in [1.54, 1.807) is 12.1 Å². The lowest BCUT2D eigenvalue weighted by molar-refractivity contribution is 0.115. The van der Waals surface area contributed by atoms with Gasteiger partial charge in [0.1, 0.15) is 5.75 Å². The Balaban J connectivity index is 3.16. The average Bonchev–Trinajstić information content (AvgIpc) is 2.18. The van der Waals surface area contributed by atoms with Crippen LogP contribution in [0.2, 0.25) is 0 Å². The summed E-state index contributed by atoms with van der Waals surface area (Å²) in [7, 11) is 1.48. The van der Waals surface area contributed by atoms with Crippen LogP contribution in [0.1, 0.15) is 17.0 Å². The highest BCUT2D eigenvalue weighted by molar-refractivity contribution is 5.43. The minimum Gasteiger partial charge on any atom is -0.496 e. The van der Waals surface area contributed by atoms with Crippen LogP contribution >= 0.6 is 0 Å². The number of hydrogen-bond acceptors (Lipinski definition) is 2. The molecule has 0 saturated heterocycles. The first kappa shape index (κ1) is 11.9. The molecular weight excluding hydrogens is 200 g/mol. The second-order valence-corrected chi connectivity index (χ2v) is 3.37. The standard InChI is InChI=1S/C11H15F2NO/c1-7-4-3-5-8(10(7)15-2)9(6-14)11(12)13/h3-5,9,11H,6,14H2,1-2H3. The second-order valence-electron chi connectivity index (χ2n) is 3.37. The molecule has 0 aliphatic heterocycles. The molecule has 2 nitrogen and oxygen atoms in total. The van der Waals surface area contributed by atoms with Crippen molar-refractivity contribution in [2.45, 2.75) is 19.3 Å². The smallest absolute Gasteiger partial charge is 0.246 e. The Morgan fingerprint density at radius 3 is 2.53 bits per heavy atom. The summed E-state index contributed by atoms with van der Waals surface area (Å²) >= 11 is 0. The van der Waals surface area contributed by atoms with Crippen LogP contribution in [0.25, 0.3) is 0 Å². The highest BCUT2D eigenvalue weighted by Crippen LogP contribution is 2.32. The maximum Gasteiger partial charge on any atom is 0.246 e. The molecule has 0 aliphatic rings. The van der Waals surface area contributed by atoms with E-state index in [0.717, 1.165) is 5.56 Å². The summed E-state index contributed by atoms with van der Waals surface area (Å²) in [6.07, 6.45) is -2.47. The predicted molar refractivity (Wildman–Crippen MR) is 55.5 cm³/mol. The summed E-state index contributed by atoms with van der Waals surface area (Å²) in [4.78, 5) is 0. The van der Waals surface area contributed by atoms with Gasteiger partial charge in [-0.2, -0.15) is 0 Å². The fourth-order valence-electron chi connectivity index (χ4n) is 1.61. The number of rotatable bonds is 4. The van der Waals surface area contributed by atoms with Crippen molar-refractivity contribution < 1.29 is 13.5 Å². The van der Waals surface area contributed by atoms with Gasteiger partial charge in [-0.05, 0) is 12.5 Å². The van der Waals surface area contributed by atoms with Gasteiger partial charge in [-0.25, -0.2) is 8.78 Å². The van der Waals surface area contributed by atoms with Gasteiger partial charge in [0.05, 0.1) is 13.0 Å². The van der Waals surface area contributed by atoms with E-state index in [1.807, 2.05) is 13.0 Å². The predicted octanol–water partition coefficient (Wildman–Crippen LogP) is 2.31. The van der Waals surface area contributed by atoms with Crippen LogP contribution in [0.4, 0.5) is 8.78 Å². The minimum absolute atomic E-state index is 0.0858. The number of aryl methyl sites for hydroxylation is 1. The van der Waals surface area contributed by atoms with Crippen LogP contribution < -0.4 is 10.5 Å². The van der Waals surface area contributed by atoms with Gasteiger partial charge in [-0.1, -0.05) is 18.2 Å². The third-order valence-electron chi connectivity index (χ3n) is 2.40. The number of ether oxygens (including phenoxy) is 1. The van der Waals surface area contributed by atoms with Crippen molar-refractivity contribution in [1.29, 1.82) is 0 Å². The Morgan fingerprint density at radius 2 is 2.07 bits per heavy atom. The van der Waals surface area contributed by atoms with Crippen molar-refractivity contribution in [2.24, 2.45) is 5.73 Å². The molecule has 1 atom stereocenters. The zero-order chi connectivity index (χ0) is 11.4. The highest BCUT2D eigenvalue weighted by atomic mass is 19.3. The second kappa shape index (κ2) is 5.07.